The van der Waals surface area contributed by atoms with Crippen LogP contribution in [0.2, 0.25) is 0 Å². The van der Waals surface area contributed by atoms with Crippen molar-refractivity contribution in [2.75, 3.05) is 5.32 Å². The van der Waals surface area contributed by atoms with Gasteiger partial charge in [-0.15, -0.1) is 0 Å². The minimum Gasteiger partial charge on any atom is -0.457 e. The second-order valence-corrected chi connectivity index (χ2v) is 10.7. The van der Waals surface area contributed by atoms with Crippen LogP contribution in [0.4, 0.5) is 14.5 Å². The molecule has 0 aliphatic heterocycles. The lowest BCUT2D eigenvalue weighted by Gasteiger charge is -2.21. The molecule has 1 saturated carbocycles. The molecule has 0 spiro atoms. The van der Waals surface area contributed by atoms with Gasteiger partial charge < -0.3 is 10.1 Å². The van der Waals surface area contributed by atoms with Crippen molar-refractivity contribution in [2.45, 2.75) is 45.6 Å². The number of ketones is 1. The third-order valence-corrected chi connectivity index (χ3v) is 7.63. The van der Waals surface area contributed by atoms with E-state index in [9.17, 15) is 18.4 Å². The first-order valence-corrected chi connectivity index (χ1v) is 13.8. The molecule has 1 N–H and O–H groups in total. The largest absolute Gasteiger partial charge is 0.457 e. The van der Waals surface area contributed by atoms with Crippen LogP contribution in [0.1, 0.15) is 36.8 Å². The number of anilines is 1. The molecule has 0 saturated heterocycles. The molecule has 212 valence electrons. The number of aryl methyl sites for hydroxylation is 1. The Labute approximate surface area is 237 Å². The number of nitrogens with zero attached hydrogens (tertiary/aromatic N) is 3. The molecule has 3 atom stereocenters. The van der Waals surface area contributed by atoms with Gasteiger partial charge in [0.2, 0.25) is 5.91 Å². The molecular weight excluding hydrogens is 526 g/mol. The van der Waals surface area contributed by atoms with E-state index < -0.39 is 0 Å². The molecule has 1 aromatic heterocycles. The van der Waals surface area contributed by atoms with Crippen molar-refractivity contribution >= 4 is 17.4 Å². The van der Waals surface area contributed by atoms with Crippen LogP contribution in [0.25, 0.3) is 0 Å². The summed E-state index contributed by atoms with van der Waals surface area (Å²) < 4.78 is 34.3. The van der Waals surface area contributed by atoms with Crippen LogP contribution in [0.3, 0.4) is 0 Å². The van der Waals surface area contributed by atoms with Gasteiger partial charge in [0.15, 0.2) is 5.78 Å². The zero-order valence-corrected chi connectivity index (χ0v) is 22.8. The maximum absolute atomic E-state index is 13.5. The van der Waals surface area contributed by atoms with E-state index in [1.165, 1.54) is 41.6 Å². The maximum atomic E-state index is 13.5. The number of benzene rings is 3. The molecule has 5 rings (SSSR count). The summed E-state index contributed by atoms with van der Waals surface area (Å²) in [6, 6.07) is 17.8. The lowest BCUT2D eigenvalue weighted by atomic mass is 9.85. The molecular formula is C32H32F2N4O3. The number of aromatic nitrogens is 3. The van der Waals surface area contributed by atoms with Crippen LogP contribution >= 0.6 is 0 Å². The highest BCUT2D eigenvalue weighted by Gasteiger charge is 2.33. The molecule has 1 aliphatic rings. The van der Waals surface area contributed by atoms with Crippen LogP contribution in [0.5, 0.6) is 11.5 Å². The van der Waals surface area contributed by atoms with Gasteiger partial charge in [-0.2, -0.15) is 5.10 Å². The Hall–Kier alpha value is -4.40. The summed E-state index contributed by atoms with van der Waals surface area (Å²) in [6.07, 6.45) is 6.06. The van der Waals surface area contributed by atoms with Crippen LogP contribution in [0, 0.1) is 36.3 Å². The fourth-order valence-corrected chi connectivity index (χ4v) is 5.50. The normalized spacial score (nSPS) is 18.9. The van der Waals surface area contributed by atoms with Gasteiger partial charge in [0.1, 0.15) is 42.3 Å². The van der Waals surface area contributed by atoms with Gasteiger partial charge in [0, 0.05) is 17.5 Å². The quantitative estimate of drug-likeness (QED) is 0.236. The minimum absolute atomic E-state index is 0.0765. The predicted molar refractivity (Wildman–Crippen MR) is 150 cm³/mol. The molecule has 0 radical (unpaired) electrons. The molecule has 0 bridgehead atoms. The van der Waals surface area contributed by atoms with E-state index in [-0.39, 0.29) is 47.6 Å². The van der Waals surface area contributed by atoms with E-state index in [2.05, 4.69) is 15.4 Å². The van der Waals surface area contributed by atoms with Gasteiger partial charge in [-0.1, -0.05) is 12.1 Å². The van der Waals surface area contributed by atoms with Crippen LogP contribution in [-0.4, -0.2) is 26.5 Å². The van der Waals surface area contributed by atoms with Crippen molar-refractivity contribution < 1.29 is 23.1 Å². The van der Waals surface area contributed by atoms with E-state index in [0.29, 0.717) is 54.9 Å². The van der Waals surface area contributed by atoms with Crippen LogP contribution < -0.4 is 10.1 Å². The number of rotatable bonds is 9. The fourth-order valence-electron chi connectivity index (χ4n) is 5.50. The van der Waals surface area contributed by atoms with Crippen molar-refractivity contribution in [3.8, 4) is 11.5 Å². The summed E-state index contributed by atoms with van der Waals surface area (Å²) in [7, 11) is 0. The van der Waals surface area contributed by atoms with E-state index in [1.807, 2.05) is 0 Å². The van der Waals surface area contributed by atoms with Gasteiger partial charge in [-0.3, -0.25) is 9.59 Å². The highest BCUT2D eigenvalue weighted by Crippen LogP contribution is 2.35. The highest BCUT2D eigenvalue weighted by molar-refractivity contribution is 5.92. The van der Waals surface area contributed by atoms with E-state index in [1.54, 1.807) is 49.4 Å². The zero-order valence-electron chi connectivity index (χ0n) is 22.8. The van der Waals surface area contributed by atoms with Gasteiger partial charge in [-0.05, 0) is 111 Å². The Bertz CT molecular complexity index is 1470. The lowest BCUT2D eigenvalue weighted by molar-refractivity contribution is -0.124. The maximum Gasteiger partial charge on any atom is 0.227 e. The van der Waals surface area contributed by atoms with Crippen molar-refractivity contribution in [2.24, 2.45) is 17.8 Å². The van der Waals surface area contributed by atoms with Gasteiger partial charge in [-0.25, -0.2) is 18.4 Å². The number of carbonyl (C=O) groups excluding carboxylic acids is 2. The summed E-state index contributed by atoms with van der Waals surface area (Å²) in [4.78, 5) is 30.5. The molecule has 1 aliphatic carbocycles. The third kappa shape index (κ3) is 7.63. The molecule has 4 aromatic rings. The second kappa shape index (κ2) is 12.8. The lowest BCUT2D eigenvalue weighted by Crippen LogP contribution is -2.24. The summed E-state index contributed by atoms with van der Waals surface area (Å²) in [5, 5.41) is 7.08. The van der Waals surface area contributed by atoms with Crippen molar-refractivity contribution in [1.82, 2.24) is 14.8 Å². The smallest absolute Gasteiger partial charge is 0.227 e. The van der Waals surface area contributed by atoms with E-state index >= 15 is 0 Å². The first kappa shape index (κ1) is 28.1. The highest BCUT2D eigenvalue weighted by atomic mass is 19.1. The number of hydrogen-bond acceptors (Lipinski definition) is 5. The standard InChI is InChI=1S/C32H32F2N4O3/c1-21-14-27(34)8-13-31(21)41-29-11-9-28(10-12-29)37-32(40)25-5-4-24(30(39)18-38-20-35-19-36-38)16-23(17-25)15-22-2-6-26(33)7-3-22/h2-3,6-14,19-20,23-25H,4-5,15-18H2,1H3,(H,37,40)/t23?,24?,25-/m0/s1. The average molecular weight is 559 g/mol. The third-order valence-electron chi connectivity index (χ3n) is 7.63. The van der Waals surface area contributed by atoms with E-state index in [0.717, 1.165) is 5.56 Å². The Balaban J connectivity index is 1.25. The number of Topliss-reactive ketones (excluding diaryl/α,β-unsaturated/α-hetero) is 1. The number of ether oxygens (including phenoxy) is 1. The summed E-state index contributed by atoms with van der Waals surface area (Å²) in [5.41, 5.74) is 2.30. The van der Waals surface area contributed by atoms with Gasteiger partial charge in [0.05, 0.1) is 0 Å². The SMILES string of the molecule is Cc1cc(F)ccc1Oc1ccc(NC(=O)[C@H]2CCC(C(=O)Cn3cncn3)CC(Cc3ccc(F)cc3)C2)cc1. The molecule has 41 heavy (non-hydrogen) atoms. The first-order chi connectivity index (χ1) is 19.8. The number of nitrogens with one attached hydrogen (secondary N) is 1. The number of halogens is 2. The number of carbonyl (C=O) groups is 2. The van der Waals surface area contributed by atoms with Crippen molar-refractivity contribution in [3.63, 3.8) is 0 Å². The molecule has 1 fully saturated rings. The number of amides is 1. The Morgan fingerprint density at radius 3 is 2.37 bits per heavy atom. The Kier molecular flexibility index (Phi) is 8.82. The Morgan fingerprint density at radius 2 is 1.66 bits per heavy atom. The van der Waals surface area contributed by atoms with E-state index in [4.69, 9.17) is 4.74 Å². The van der Waals surface area contributed by atoms with Crippen LogP contribution in [-0.2, 0) is 22.6 Å². The van der Waals surface area contributed by atoms with Crippen LogP contribution in [0.15, 0.2) is 79.4 Å². The van der Waals surface area contributed by atoms with Crippen molar-refractivity contribution in [3.05, 3.63) is 102 Å². The molecule has 9 heteroatoms. The Morgan fingerprint density at radius 1 is 0.951 bits per heavy atom. The summed E-state index contributed by atoms with van der Waals surface area (Å²) in [5.74, 6) is 0.0970. The minimum atomic E-state index is -0.322. The van der Waals surface area contributed by atoms with Crippen molar-refractivity contribution in [1.29, 1.82) is 0 Å². The topological polar surface area (TPSA) is 86.1 Å². The molecule has 1 amide bonds. The first-order valence-electron chi connectivity index (χ1n) is 13.8. The second-order valence-electron chi connectivity index (χ2n) is 10.7. The predicted octanol–water partition coefficient (Wildman–Crippen LogP) is 6.53. The monoisotopic (exact) mass is 558 g/mol. The molecule has 3 aromatic carbocycles. The summed E-state index contributed by atoms with van der Waals surface area (Å²) >= 11 is 0. The van der Waals surface area contributed by atoms with Gasteiger partial charge in [0.25, 0.3) is 0 Å². The molecule has 1 heterocycles. The summed E-state index contributed by atoms with van der Waals surface area (Å²) in [6.45, 7) is 1.92. The van der Waals surface area contributed by atoms with Gasteiger partial charge >= 0.3 is 0 Å². The molecule has 2 unspecified atom stereocenters. The zero-order chi connectivity index (χ0) is 28.8. The molecule has 7 nitrogen and oxygen atoms in total. The average Bonchev–Trinajstić information content (AvgIpc) is 3.37. The number of hydrogen-bond donors (Lipinski definition) is 1. The fraction of sp³-hybridized carbons (Fsp3) is 0.312.